The molecule has 0 fully saturated rings. The zero-order chi connectivity index (χ0) is 16.4. The maximum Gasteiger partial charge on any atom is 0.306 e. The molecule has 0 spiro atoms. The molecule has 3 aromatic rings. The predicted octanol–water partition coefficient (Wildman–Crippen LogP) is 2.61. The molecule has 0 aliphatic heterocycles. The Bertz CT molecular complexity index is 924. The van der Waals surface area contributed by atoms with Gasteiger partial charge in [0.15, 0.2) is 0 Å². The SMILES string of the molecule is N#Cc1c[nH]c2ncc(-c3ccccc3C(O)CC(=O)O)cc12. The number of nitrogens with one attached hydrogen (secondary N) is 1. The summed E-state index contributed by atoms with van der Waals surface area (Å²) in [6.45, 7) is 0. The van der Waals surface area contributed by atoms with Crippen molar-refractivity contribution in [2.45, 2.75) is 12.5 Å². The van der Waals surface area contributed by atoms with Crippen molar-refractivity contribution in [2.75, 3.05) is 0 Å². The minimum absolute atomic E-state index is 0.375. The van der Waals surface area contributed by atoms with E-state index < -0.39 is 12.1 Å². The van der Waals surface area contributed by atoms with E-state index in [1.165, 1.54) is 0 Å². The van der Waals surface area contributed by atoms with Crippen LogP contribution >= 0.6 is 0 Å². The van der Waals surface area contributed by atoms with Crippen molar-refractivity contribution in [3.8, 4) is 17.2 Å². The highest BCUT2D eigenvalue weighted by Gasteiger charge is 2.17. The molecule has 3 N–H and O–H groups in total. The first-order chi connectivity index (χ1) is 11.1. The van der Waals surface area contributed by atoms with Crippen molar-refractivity contribution < 1.29 is 15.0 Å². The molecule has 0 saturated heterocycles. The summed E-state index contributed by atoms with van der Waals surface area (Å²) in [5.41, 5.74) is 3.02. The summed E-state index contributed by atoms with van der Waals surface area (Å²) in [6, 6.07) is 10.9. The predicted molar refractivity (Wildman–Crippen MR) is 83.5 cm³/mol. The van der Waals surface area contributed by atoms with Gasteiger partial charge in [0, 0.05) is 23.3 Å². The Labute approximate surface area is 131 Å². The molecule has 0 aliphatic carbocycles. The fourth-order valence-corrected chi connectivity index (χ4v) is 2.57. The van der Waals surface area contributed by atoms with Crippen molar-refractivity contribution in [3.05, 3.63) is 53.9 Å². The third kappa shape index (κ3) is 2.78. The van der Waals surface area contributed by atoms with Crippen LogP contribution in [0.4, 0.5) is 0 Å². The van der Waals surface area contributed by atoms with Gasteiger partial charge in [0.2, 0.25) is 0 Å². The van der Waals surface area contributed by atoms with Gasteiger partial charge in [-0.1, -0.05) is 24.3 Å². The monoisotopic (exact) mass is 307 g/mol. The van der Waals surface area contributed by atoms with Crippen LogP contribution in [0.1, 0.15) is 23.7 Å². The van der Waals surface area contributed by atoms with Crippen LogP contribution in [-0.4, -0.2) is 26.2 Å². The minimum Gasteiger partial charge on any atom is -0.481 e. The highest BCUT2D eigenvalue weighted by molar-refractivity contribution is 5.87. The summed E-state index contributed by atoms with van der Waals surface area (Å²) < 4.78 is 0. The molecule has 1 aromatic carbocycles. The topological polar surface area (TPSA) is 110 Å². The van der Waals surface area contributed by atoms with E-state index >= 15 is 0 Å². The Kier molecular flexibility index (Phi) is 3.79. The number of fused-ring (bicyclic) bond motifs is 1. The molecule has 0 amide bonds. The van der Waals surface area contributed by atoms with Gasteiger partial charge >= 0.3 is 5.97 Å². The van der Waals surface area contributed by atoms with Crippen LogP contribution < -0.4 is 0 Å². The number of pyridine rings is 1. The molecular formula is C17H13N3O3. The summed E-state index contributed by atoms with van der Waals surface area (Å²) in [4.78, 5) is 18.0. The molecule has 6 nitrogen and oxygen atoms in total. The van der Waals surface area contributed by atoms with Crippen LogP contribution in [0.2, 0.25) is 0 Å². The van der Waals surface area contributed by atoms with E-state index in [0.29, 0.717) is 33.3 Å². The summed E-state index contributed by atoms with van der Waals surface area (Å²) >= 11 is 0. The van der Waals surface area contributed by atoms with Gasteiger partial charge in [0.25, 0.3) is 0 Å². The highest BCUT2D eigenvalue weighted by Crippen LogP contribution is 2.31. The lowest BCUT2D eigenvalue weighted by molar-refractivity contribution is -0.139. The van der Waals surface area contributed by atoms with Crippen molar-refractivity contribution in [3.63, 3.8) is 0 Å². The molecule has 2 aromatic heterocycles. The van der Waals surface area contributed by atoms with Gasteiger partial charge in [-0.05, 0) is 17.2 Å². The molecule has 0 aliphatic rings. The number of nitrogens with zero attached hydrogens (tertiary/aromatic N) is 2. The van der Waals surface area contributed by atoms with Gasteiger partial charge < -0.3 is 15.2 Å². The Hall–Kier alpha value is -3.17. The Morgan fingerprint density at radius 2 is 2.17 bits per heavy atom. The summed E-state index contributed by atoms with van der Waals surface area (Å²) in [7, 11) is 0. The normalized spacial score (nSPS) is 12.0. The number of H-pyrrole nitrogens is 1. The highest BCUT2D eigenvalue weighted by atomic mass is 16.4. The van der Waals surface area contributed by atoms with Crippen LogP contribution in [0.15, 0.2) is 42.7 Å². The van der Waals surface area contributed by atoms with E-state index in [1.54, 1.807) is 36.7 Å². The molecular weight excluding hydrogens is 294 g/mol. The molecule has 0 saturated carbocycles. The second-order valence-electron chi connectivity index (χ2n) is 5.14. The number of carboxylic acid groups (broad SMARTS) is 1. The zero-order valence-corrected chi connectivity index (χ0v) is 12.0. The number of carboxylic acids is 1. The van der Waals surface area contributed by atoms with Gasteiger partial charge in [-0.15, -0.1) is 0 Å². The number of nitriles is 1. The van der Waals surface area contributed by atoms with Crippen LogP contribution in [0, 0.1) is 11.3 Å². The number of aliphatic carboxylic acids is 1. The van der Waals surface area contributed by atoms with E-state index in [0.717, 1.165) is 0 Å². The van der Waals surface area contributed by atoms with E-state index in [2.05, 4.69) is 16.0 Å². The standard InChI is InChI=1S/C17H13N3O3/c18-7-11-9-20-17-14(11)5-10(8-19-17)12-3-1-2-4-13(12)15(21)6-16(22)23/h1-5,8-9,15,21H,6H2,(H,19,20)(H,22,23). The lowest BCUT2D eigenvalue weighted by Crippen LogP contribution is -2.06. The number of benzene rings is 1. The molecule has 114 valence electrons. The van der Waals surface area contributed by atoms with E-state index in [4.69, 9.17) is 10.4 Å². The maximum absolute atomic E-state index is 10.8. The summed E-state index contributed by atoms with van der Waals surface area (Å²) in [5.74, 6) is -1.07. The largest absolute Gasteiger partial charge is 0.481 e. The first kappa shape index (κ1) is 14.8. The van der Waals surface area contributed by atoms with Crippen LogP contribution in [0.5, 0.6) is 0 Å². The molecule has 6 heteroatoms. The number of carbonyl (C=O) groups is 1. The first-order valence-corrected chi connectivity index (χ1v) is 6.96. The Morgan fingerprint density at radius 1 is 1.39 bits per heavy atom. The fraction of sp³-hybridized carbons (Fsp3) is 0.118. The Morgan fingerprint density at radius 3 is 2.91 bits per heavy atom. The average Bonchev–Trinajstić information content (AvgIpc) is 2.96. The molecule has 3 rings (SSSR count). The second kappa shape index (κ2) is 5.91. The van der Waals surface area contributed by atoms with Gasteiger partial charge in [0.1, 0.15) is 11.7 Å². The molecule has 0 radical (unpaired) electrons. The number of aromatic amines is 1. The zero-order valence-electron chi connectivity index (χ0n) is 12.0. The molecule has 1 unspecified atom stereocenters. The number of aliphatic hydroxyl groups is 1. The van der Waals surface area contributed by atoms with Crippen LogP contribution in [0.3, 0.4) is 0 Å². The molecule has 1 atom stereocenters. The summed E-state index contributed by atoms with van der Waals surface area (Å²) in [5, 5.41) is 28.8. The first-order valence-electron chi connectivity index (χ1n) is 6.96. The van der Waals surface area contributed by atoms with Crippen molar-refractivity contribution in [1.29, 1.82) is 5.26 Å². The van der Waals surface area contributed by atoms with Gasteiger partial charge in [-0.25, -0.2) is 4.98 Å². The second-order valence-corrected chi connectivity index (χ2v) is 5.14. The van der Waals surface area contributed by atoms with Crippen LogP contribution in [0.25, 0.3) is 22.2 Å². The minimum atomic E-state index is -1.11. The van der Waals surface area contributed by atoms with Gasteiger partial charge in [-0.2, -0.15) is 5.26 Å². The van der Waals surface area contributed by atoms with Crippen LogP contribution in [-0.2, 0) is 4.79 Å². The number of aromatic nitrogens is 2. The molecule has 23 heavy (non-hydrogen) atoms. The van der Waals surface area contributed by atoms with Crippen molar-refractivity contribution in [1.82, 2.24) is 9.97 Å². The lowest BCUT2D eigenvalue weighted by atomic mass is 9.95. The van der Waals surface area contributed by atoms with Gasteiger partial charge in [-0.3, -0.25) is 4.79 Å². The lowest BCUT2D eigenvalue weighted by Gasteiger charge is -2.14. The number of rotatable bonds is 4. The third-order valence-electron chi connectivity index (χ3n) is 3.65. The average molecular weight is 307 g/mol. The maximum atomic E-state index is 10.8. The van der Waals surface area contributed by atoms with Crippen molar-refractivity contribution >= 4 is 17.0 Å². The quantitative estimate of drug-likeness (QED) is 0.686. The fourth-order valence-electron chi connectivity index (χ4n) is 2.57. The number of aliphatic hydroxyl groups excluding tert-OH is 1. The van der Waals surface area contributed by atoms with E-state index in [-0.39, 0.29) is 6.42 Å². The molecule has 0 bridgehead atoms. The Balaban J connectivity index is 2.12. The summed E-state index contributed by atoms with van der Waals surface area (Å²) in [6.07, 6.45) is 1.74. The van der Waals surface area contributed by atoms with E-state index in [9.17, 15) is 9.90 Å². The van der Waals surface area contributed by atoms with E-state index in [1.807, 2.05) is 6.07 Å². The van der Waals surface area contributed by atoms with Crippen molar-refractivity contribution in [2.24, 2.45) is 0 Å². The molecule has 2 heterocycles. The van der Waals surface area contributed by atoms with Gasteiger partial charge in [0.05, 0.1) is 18.1 Å². The number of hydrogen-bond acceptors (Lipinski definition) is 4. The third-order valence-corrected chi connectivity index (χ3v) is 3.65. The smallest absolute Gasteiger partial charge is 0.306 e. The number of hydrogen-bond donors (Lipinski definition) is 3.